The lowest BCUT2D eigenvalue weighted by atomic mass is 9.86. The molecule has 1 aliphatic carbocycles. The van der Waals surface area contributed by atoms with Crippen molar-refractivity contribution in [3.8, 4) is 0 Å². The number of carbonyl (C=O) groups excluding carboxylic acids is 1. The van der Waals surface area contributed by atoms with Gasteiger partial charge in [-0.3, -0.25) is 4.79 Å². The highest BCUT2D eigenvalue weighted by Gasteiger charge is 2.38. The molecule has 5 nitrogen and oxygen atoms in total. The van der Waals surface area contributed by atoms with E-state index in [4.69, 9.17) is 5.11 Å². The summed E-state index contributed by atoms with van der Waals surface area (Å²) >= 11 is 0. The van der Waals surface area contributed by atoms with E-state index in [0.717, 1.165) is 0 Å². The number of carboxylic acids is 1. The predicted octanol–water partition coefficient (Wildman–Crippen LogP) is 0.762. The minimum absolute atomic E-state index is 0.0327. The molecular formula is C11H17F2NO4. The second kappa shape index (κ2) is 5.60. The molecule has 1 saturated carbocycles. The van der Waals surface area contributed by atoms with E-state index in [9.17, 15) is 23.5 Å². The van der Waals surface area contributed by atoms with Gasteiger partial charge in [-0.05, 0) is 19.8 Å². The topological polar surface area (TPSA) is 86.6 Å². The lowest BCUT2D eigenvalue weighted by molar-refractivity contribution is -0.146. The molecule has 1 rings (SSSR count). The normalized spacial score (nSPS) is 23.1. The zero-order chi connectivity index (χ0) is 13.9. The summed E-state index contributed by atoms with van der Waals surface area (Å²) in [6, 6.07) is -1.40. The summed E-state index contributed by atoms with van der Waals surface area (Å²) in [6.07, 6.45) is -1.90. The number of carboxylic acid groups (broad SMARTS) is 1. The lowest BCUT2D eigenvalue weighted by Gasteiger charge is -2.28. The molecule has 0 aromatic rings. The molecule has 0 spiro atoms. The van der Waals surface area contributed by atoms with Crippen molar-refractivity contribution >= 4 is 11.9 Å². The third-order valence-corrected chi connectivity index (χ3v) is 3.13. The van der Waals surface area contributed by atoms with Gasteiger partial charge in [0.2, 0.25) is 11.8 Å². The Morgan fingerprint density at radius 1 is 1.33 bits per heavy atom. The summed E-state index contributed by atoms with van der Waals surface area (Å²) in [5.74, 6) is -5.27. The van der Waals surface area contributed by atoms with Gasteiger partial charge in [-0.1, -0.05) is 0 Å². The van der Waals surface area contributed by atoms with Gasteiger partial charge in [0.15, 0.2) is 6.04 Å². The van der Waals surface area contributed by atoms with Gasteiger partial charge in [0.25, 0.3) is 0 Å². The largest absolute Gasteiger partial charge is 0.480 e. The fraction of sp³-hybridized carbons (Fsp3) is 0.818. The van der Waals surface area contributed by atoms with Crippen molar-refractivity contribution < 1.29 is 28.6 Å². The van der Waals surface area contributed by atoms with Crippen LogP contribution in [-0.4, -0.2) is 40.2 Å². The van der Waals surface area contributed by atoms with E-state index in [0.29, 0.717) is 0 Å². The summed E-state index contributed by atoms with van der Waals surface area (Å²) < 4.78 is 25.8. The predicted molar refractivity (Wildman–Crippen MR) is 58.2 cm³/mol. The van der Waals surface area contributed by atoms with E-state index in [1.807, 2.05) is 0 Å². The third kappa shape index (κ3) is 3.90. The number of halogens is 2. The van der Waals surface area contributed by atoms with Gasteiger partial charge < -0.3 is 15.5 Å². The van der Waals surface area contributed by atoms with Crippen molar-refractivity contribution in [2.75, 3.05) is 0 Å². The summed E-state index contributed by atoms with van der Waals surface area (Å²) in [5.41, 5.74) is 0. The molecule has 0 heterocycles. The Bertz CT molecular complexity index is 323. The van der Waals surface area contributed by atoms with Crippen LogP contribution in [0.2, 0.25) is 0 Å². The molecule has 0 bridgehead atoms. The molecule has 0 aromatic carbocycles. The molecular weight excluding hydrogens is 248 g/mol. The Morgan fingerprint density at radius 2 is 1.83 bits per heavy atom. The van der Waals surface area contributed by atoms with Gasteiger partial charge in [0.1, 0.15) is 0 Å². The molecule has 1 aliphatic rings. The third-order valence-electron chi connectivity index (χ3n) is 3.13. The molecule has 1 fully saturated rings. The highest BCUT2D eigenvalue weighted by molar-refractivity contribution is 5.85. The zero-order valence-electron chi connectivity index (χ0n) is 10.0. The van der Waals surface area contributed by atoms with Crippen LogP contribution in [0.5, 0.6) is 0 Å². The van der Waals surface area contributed by atoms with E-state index in [-0.39, 0.29) is 25.7 Å². The number of aliphatic hydroxyl groups is 1. The van der Waals surface area contributed by atoms with Gasteiger partial charge in [-0.2, -0.15) is 0 Å². The molecule has 3 N–H and O–H groups in total. The van der Waals surface area contributed by atoms with E-state index in [1.165, 1.54) is 6.92 Å². The van der Waals surface area contributed by atoms with Crippen LogP contribution in [0.15, 0.2) is 0 Å². The van der Waals surface area contributed by atoms with Crippen molar-refractivity contribution in [2.45, 2.75) is 50.7 Å². The highest BCUT2D eigenvalue weighted by atomic mass is 19.3. The Balaban J connectivity index is 2.53. The molecule has 18 heavy (non-hydrogen) atoms. The zero-order valence-corrected chi connectivity index (χ0v) is 10.0. The van der Waals surface area contributed by atoms with Crippen molar-refractivity contribution in [1.29, 1.82) is 0 Å². The van der Waals surface area contributed by atoms with E-state index in [1.54, 1.807) is 0 Å². The Labute approximate surface area is 103 Å². The van der Waals surface area contributed by atoms with Crippen LogP contribution in [0.25, 0.3) is 0 Å². The number of aliphatic carboxylic acids is 1. The van der Waals surface area contributed by atoms with Gasteiger partial charge in [-0.15, -0.1) is 0 Å². The van der Waals surface area contributed by atoms with Crippen LogP contribution in [0.3, 0.4) is 0 Å². The number of hydrogen-bond acceptors (Lipinski definition) is 3. The van der Waals surface area contributed by atoms with Crippen LogP contribution in [0.1, 0.15) is 32.6 Å². The van der Waals surface area contributed by atoms with Crippen LogP contribution < -0.4 is 5.32 Å². The van der Waals surface area contributed by atoms with Crippen molar-refractivity contribution in [3.63, 3.8) is 0 Å². The number of rotatable bonds is 4. The number of amides is 1. The first kappa shape index (κ1) is 14.8. The van der Waals surface area contributed by atoms with Crippen LogP contribution >= 0.6 is 0 Å². The first-order chi connectivity index (χ1) is 8.23. The van der Waals surface area contributed by atoms with Gasteiger partial charge in [0.05, 0.1) is 6.10 Å². The second-order valence-electron chi connectivity index (χ2n) is 4.70. The quantitative estimate of drug-likeness (QED) is 0.700. The minimum atomic E-state index is -2.73. The maximum absolute atomic E-state index is 12.9. The summed E-state index contributed by atoms with van der Waals surface area (Å²) in [7, 11) is 0. The first-order valence-corrected chi connectivity index (χ1v) is 5.82. The average Bonchev–Trinajstić information content (AvgIpc) is 2.24. The molecule has 1 amide bonds. The fourth-order valence-corrected chi connectivity index (χ4v) is 1.96. The van der Waals surface area contributed by atoms with E-state index in [2.05, 4.69) is 5.32 Å². The Morgan fingerprint density at radius 3 is 2.22 bits per heavy atom. The second-order valence-corrected chi connectivity index (χ2v) is 4.70. The minimum Gasteiger partial charge on any atom is -0.480 e. The van der Waals surface area contributed by atoms with E-state index < -0.39 is 35.9 Å². The SMILES string of the molecule is C[C@@H](O)[C@H](NC(=O)C1CCC(F)(F)CC1)C(=O)O. The number of hydrogen-bond donors (Lipinski definition) is 3. The van der Waals surface area contributed by atoms with Crippen LogP contribution in [0.4, 0.5) is 8.78 Å². The summed E-state index contributed by atoms with van der Waals surface area (Å²) in [6.45, 7) is 1.24. The average molecular weight is 265 g/mol. The van der Waals surface area contributed by atoms with Gasteiger partial charge >= 0.3 is 5.97 Å². The fourth-order valence-electron chi connectivity index (χ4n) is 1.96. The standard InChI is InChI=1S/C11H17F2NO4/c1-6(15)8(10(17)18)14-9(16)7-2-4-11(12,13)5-3-7/h6-8,15H,2-5H2,1H3,(H,14,16)(H,17,18)/t6-,8+/m1/s1. The van der Waals surface area contributed by atoms with Gasteiger partial charge in [0, 0.05) is 18.8 Å². The monoisotopic (exact) mass is 265 g/mol. The number of carbonyl (C=O) groups is 2. The molecule has 0 radical (unpaired) electrons. The molecule has 0 aromatic heterocycles. The van der Waals surface area contributed by atoms with Crippen molar-refractivity contribution in [2.24, 2.45) is 5.92 Å². The molecule has 0 saturated heterocycles. The van der Waals surface area contributed by atoms with Gasteiger partial charge in [-0.25, -0.2) is 13.6 Å². The van der Waals surface area contributed by atoms with Crippen molar-refractivity contribution in [3.05, 3.63) is 0 Å². The Hall–Kier alpha value is -1.24. The molecule has 7 heteroatoms. The van der Waals surface area contributed by atoms with Crippen molar-refractivity contribution in [1.82, 2.24) is 5.32 Å². The summed E-state index contributed by atoms with van der Waals surface area (Å²) in [5, 5.41) is 20.2. The lowest BCUT2D eigenvalue weighted by Crippen LogP contribution is -2.50. The molecule has 0 aliphatic heterocycles. The number of nitrogens with one attached hydrogen (secondary N) is 1. The first-order valence-electron chi connectivity index (χ1n) is 5.82. The Kier molecular flexibility index (Phi) is 4.61. The number of alkyl halides is 2. The van der Waals surface area contributed by atoms with Crippen LogP contribution in [-0.2, 0) is 9.59 Å². The molecule has 0 unspecified atom stereocenters. The van der Waals surface area contributed by atoms with E-state index >= 15 is 0 Å². The van der Waals surface area contributed by atoms with Crippen LogP contribution in [0, 0.1) is 5.92 Å². The summed E-state index contributed by atoms with van der Waals surface area (Å²) in [4.78, 5) is 22.5. The number of aliphatic hydroxyl groups excluding tert-OH is 1. The maximum Gasteiger partial charge on any atom is 0.328 e. The maximum atomic E-state index is 12.9. The molecule has 2 atom stereocenters. The highest BCUT2D eigenvalue weighted by Crippen LogP contribution is 2.36. The molecule has 104 valence electrons. The smallest absolute Gasteiger partial charge is 0.328 e.